The second-order valence-electron chi connectivity index (χ2n) is 7.79. The van der Waals surface area contributed by atoms with Crippen LogP contribution in [0.25, 0.3) is 0 Å². The molecule has 2 fully saturated rings. The third-order valence-corrected chi connectivity index (χ3v) is 5.54. The molecule has 158 valence electrons. The molecular weight excluding hydrogens is 374 g/mol. The highest BCUT2D eigenvalue weighted by Crippen LogP contribution is 2.30. The SMILES string of the molecule is COc1ccc(OCCCC(=O)N2CCC3(CC2)NC(=O)N(C(C)C)C3=O)cc1. The Labute approximate surface area is 171 Å². The molecule has 4 amide bonds. The van der Waals surface area contributed by atoms with E-state index in [2.05, 4.69) is 5.32 Å². The fraction of sp³-hybridized carbons (Fsp3) is 0.571. The van der Waals surface area contributed by atoms with Gasteiger partial charge in [-0.1, -0.05) is 0 Å². The maximum absolute atomic E-state index is 12.7. The molecule has 0 aromatic heterocycles. The summed E-state index contributed by atoms with van der Waals surface area (Å²) in [5, 5.41) is 2.86. The summed E-state index contributed by atoms with van der Waals surface area (Å²) in [5.74, 6) is 1.39. The van der Waals surface area contributed by atoms with Gasteiger partial charge in [0, 0.05) is 25.6 Å². The van der Waals surface area contributed by atoms with E-state index >= 15 is 0 Å². The Kier molecular flexibility index (Phi) is 6.30. The molecule has 0 radical (unpaired) electrons. The summed E-state index contributed by atoms with van der Waals surface area (Å²) in [5.41, 5.74) is -0.852. The van der Waals surface area contributed by atoms with Crippen LogP contribution < -0.4 is 14.8 Å². The molecule has 2 aliphatic heterocycles. The van der Waals surface area contributed by atoms with Crippen molar-refractivity contribution in [1.82, 2.24) is 15.1 Å². The molecule has 1 N–H and O–H groups in total. The summed E-state index contributed by atoms with van der Waals surface area (Å²) >= 11 is 0. The van der Waals surface area contributed by atoms with Crippen LogP contribution in [-0.2, 0) is 9.59 Å². The third-order valence-electron chi connectivity index (χ3n) is 5.54. The van der Waals surface area contributed by atoms with Crippen molar-refractivity contribution in [3.8, 4) is 11.5 Å². The number of hydrogen-bond donors (Lipinski definition) is 1. The Morgan fingerprint density at radius 2 is 1.76 bits per heavy atom. The van der Waals surface area contributed by atoms with E-state index in [1.54, 1.807) is 12.0 Å². The summed E-state index contributed by atoms with van der Waals surface area (Å²) in [6, 6.07) is 6.81. The Hall–Kier alpha value is -2.77. The number of hydrogen-bond acceptors (Lipinski definition) is 5. The topological polar surface area (TPSA) is 88.2 Å². The quantitative estimate of drug-likeness (QED) is 0.557. The van der Waals surface area contributed by atoms with E-state index in [1.165, 1.54) is 4.90 Å². The predicted molar refractivity (Wildman–Crippen MR) is 107 cm³/mol. The Morgan fingerprint density at radius 3 is 2.31 bits per heavy atom. The monoisotopic (exact) mass is 403 g/mol. The number of urea groups is 1. The molecular formula is C21H29N3O5. The smallest absolute Gasteiger partial charge is 0.325 e. The van der Waals surface area contributed by atoms with Crippen molar-refractivity contribution in [1.29, 1.82) is 0 Å². The number of carbonyl (C=O) groups is 3. The van der Waals surface area contributed by atoms with Gasteiger partial charge in [0.2, 0.25) is 5.91 Å². The fourth-order valence-corrected chi connectivity index (χ4v) is 3.83. The summed E-state index contributed by atoms with van der Waals surface area (Å²) in [6.45, 7) is 5.03. The molecule has 2 aliphatic rings. The highest BCUT2D eigenvalue weighted by molar-refractivity contribution is 6.07. The molecule has 0 bridgehead atoms. The molecule has 1 aromatic carbocycles. The number of ether oxygens (including phenoxy) is 2. The first-order valence-electron chi connectivity index (χ1n) is 10.1. The number of imide groups is 1. The second-order valence-corrected chi connectivity index (χ2v) is 7.79. The summed E-state index contributed by atoms with van der Waals surface area (Å²) < 4.78 is 10.8. The summed E-state index contributed by atoms with van der Waals surface area (Å²) in [4.78, 5) is 40.4. The number of nitrogens with one attached hydrogen (secondary N) is 1. The van der Waals surface area contributed by atoms with Gasteiger partial charge in [-0.3, -0.25) is 14.5 Å². The minimum atomic E-state index is -0.852. The van der Waals surface area contributed by atoms with Gasteiger partial charge in [0.05, 0.1) is 13.7 Å². The fourth-order valence-electron chi connectivity index (χ4n) is 3.83. The van der Waals surface area contributed by atoms with E-state index in [9.17, 15) is 14.4 Å². The van der Waals surface area contributed by atoms with Gasteiger partial charge in [-0.15, -0.1) is 0 Å². The van der Waals surface area contributed by atoms with Crippen molar-refractivity contribution < 1.29 is 23.9 Å². The van der Waals surface area contributed by atoms with Crippen LogP contribution in [0.5, 0.6) is 11.5 Å². The normalized spacial score (nSPS) is 18.3. The molecule has 8 nitrogen and oxygen atoms in total. The van der Waals surface area contributed by atoms with Crippen LogP contribution in [0.4, 0.5) is 4.79 Å². The molecule has 0 unspecified atom stereocenters. The van der Waals surface area contributed by atoms with Gasteiger partial charge in [0.15, 0.2) is 0 Å². The molecule has 3 rings (SSSR count). The van der Waals surface area contributed by atoms with Crippen LogP contribution >= 0.6 is 0 Å². The minimum absolute atomic E-state index is 0.0515. The van der Waals surface area contributed by atoms with Crippen molar-refractivity contribution >= 4 is 17.8 Å². The van der Waals surface area contributed by atoms with E-state index in [1.807, 2.05) is 38.1 Å². The number of likely N-dealkylation sites (tertiary alicyclic amines) is 1. The van der Waals surface area contributed by atoms with Crippen LogP contribution in [0.1, 0.15) is 39.5 Å². The van der Waals surface area contributed by atoms with Crippen LogP contribution in [0.2, 0.25) is 0 Å². The Balaban J connectivity index is 1.42. The van der Waals surface area contributed by atoms with E-state index in [0.717, 1.165) is 11.5 Å². The zero-order valence-electron chi connectivity index (χ0n) is 17.3. The Morgan fingerprint density at radius 1 is 1.14 bits per heavy atom. The number of amides is 4. The number of methoxy groups -OCH3 is 1. The van der Waals surface area contributed by atoms with Gasteiger partial charge in [-0.25, -0.2) is 4.79 Å². The highest BCUT2D eigenvalue weighted by atomic mass is 16.5. The number of rotatable bonds is 7. The van der Waals surface area contributed by atoms with Gasteiger partial charge in [0.1, 0.15) is 17.0 Å². The lowest BCUT2D eigenvalue weighted by Crippen LogP contribution is -2.56. The zero-order chi connectivity index (χ0) is 21.0. The molecule has 8 heteroatoms. The van der Waals surface area contributed by atoms with Gasteiger partial charge >= 0.3 is 6.03 Å². The molecule has 1 aromatic rings. The van der Waals surface area contributed by atoms with Gasteiger partial charge in [-0.2, -0.15) is 0 Å². The standard InChI is InChI=1S/C21H29N3O5/c1-15(2)24-19(26)21(22-20(24)27)10-12-23(13-11-21)18(25)5-4-14-29-17-8-6-16(28-3)7-9-17/h6-9,15H,4-5,10-14H2,1-3H3,(H,22,27). The van der Waals surface area contributed by atoms with Crippen molar-refractivity contribution in [3.63, 3.8) is 0 Å². The van der Waals surface area contributed by atoms with Crippen LogP contribution in [-0.4, -0.2) is 66.0 Å². The lowest BCUT2D eigenvalue weighted by molar-refractivity contribution is -0.139. The van der Waals surface area contributed by atoms with Crippen molar-refractivity contribution in [2.24, 2.45) is 0 Å². The number of carbonyl (C=O) groups excluding carboxylic acids is 3. The van der Waals surface area contributed by atoms with E-state index in [4.69, 9.17) is 9.47 Å². The first-order valence-corrected chi connectivity index (χ1v) is 10.1. The predicted octanol–water partition coefficient (Wildman–Crippen LogP) is 2.18. The average Bonchev–Trinajstić information content (AvgIpc) is 2.95. The molecule has 2 saturated heterocycles. The lowest BCUT2D eigenvalue weighted by atomic mass is 9.87. The Bertz CT molecular complexity index is 754. The van der Waals surface area contributed by atoms with Crippen LogP contribution in [0, 0.1) is 0 Å². The molecule has 0 saturated carbocycles. The zero-order valence-corrected chi connectivity index (χ0v) is 17.3. The first-order chi connectivity index (χ1) is 13.9. The molecule has 1 spiro atoms. The largest absolute Gasteiger partial charge is 0.497 e. The summed E-state index contributed by atoms with van der Waals surface area (Å²) in [6.07, 6.45) is 1.91. The van der Waals surface area contributed by atoms with Crippen LogP contribution in [0.3, 0.4) is 0 Å². The van der Waals surface area contributed by atoms with Gasteiger partial charge in [-0.05, 0) is 57.4 Å². The second kappa shape index (κ2) is 8.71. The maximum atomic E-state index is 12.7. The van der Waals surface area contributed by atoms with Gasteiger partial charge in [0.25, 0.3) is 5.91 Å². The number of benzene rings is 1. The van der Waals surface area contributed by atoms with Crippen molar-refractivity contribution in [3.05, 3.63) is 24.3 Å². The third kappa shape index (κ3) is 4.46. The molecule has 0 aliphatic carbocycles. The average molecular weight is 403 g/mol. The van der Waals surface area contributed by atoms with E-state index < -0.39 is 5.54 Å². The van der Waals surface area contributed by atoms with E-state index in [0.29, 0.717) is 45.4 Å². The van der Waals surface area contributed by atoms with Crippen molar-refractivity contribution in [2.45, 2.75) is 51.1 Å². The summed E-state index contributed by atoms with van der Waals surface area (Å²) in [7, 11) is 1.61. The maximum Gasteiger partial charge on any atom is 0.325 e. The first kappa shape index (κ1) is 21.0. The number of piperidine rings is 1. The van der Waals surface area contributed by atoms with Gasteiger partial charge < -0.3 is 19.7 Å². The minimum Gasteiger partial charge on any atom is -0.497 e. The highest BCUT2D eigenvalue weighted by Gasteiger charge is 2.53. The van der Waals surface area contributed by atoms with E-state index in [-0.39, 0.29) is 23.9 Å². The molecule has 2 heterocycles. The van der Waals surface area contributed by atoms with Crippen molar-refractivity contribution in [2.75, 3.05) is 26.8 Å². The lowest BCUT2D eigenvalue weighted by Gasteiger charge is -2.37. The molecule has 0 atom stereocenters. The molecule has 29 heavy (non-hydrogen) atoms. The number of nitrogens with zero attached hydrogens (tertiary/aromatic N) is 2. The van der Waals surface area contributed by atoms with Crippen LogP contribution in [0.15, 0.2) is 24.3 Å².